The van der Waals surface area contributed by atoms with Gasteiger partial charge in [-0.25, -0.2) is 0 Å². The zero-order chi connectivity index (χ0) is 13.1. The predicted octanol–water partition coefficient (Wildman–Crippen LogP) is 2.17. The third-order valence-electron chi connectivity index (χ3n) is 4.99. The summed E-state index contributed by atoms with van der Waals surface area (Å²) in [6, 6.07) is 0. The normalized spacial score (nSPS) is 28.8. The third-order valence-corrected chi connectivity index (χ3v) is 4.99. The number of nitrogens with zero attached hydrogens (tertiary/aromatic N) is 1. The van der Waals surface area contributed by atoms with Gasteiger partial charge in [-0.15, -0.1) is 0 Å². The second kappa shape index (κ2) is 5.89. The molecular formula is C15H29NO2. The molecule has 0 amide bonds. The maximum atomic E-state index is 9.99. The Morgan fingerprint density at radius 2 is 1.50 bits per heavy atom. The van der Waals surface area contributed by atoms with Crippen LogP contribution in [0.1, 0.15) is 58.3 Å². The van der Waals surface area contributed by atoms with Gasteiger partial charge in [-0.05, 0) is 32.6 Å². The van der Waals surface area contributed by atoms with Gasteiger partial charge in [0.25, 0.3) is 0 Å². The molecule has 0 atom stereocenters. The van der Waals surface area contributed by atoms with Gasteiger partial charge < -0.3 is 15.1 Å². The maximum absolute atomic E-state index is 9.99. The lowest BCUT2D eigenvalue weighted by molar-refractivity contribution is -0.0251. The van der Waals surface area contributed by atoms with Crippen LogP contribution in [-0.4, -0.2) is 47.0 Å². The molecule has 1 aliphatic heterocycles. The summed E-state index contributed by atoms with van der Waals surface area (Å²) in [6.45, 7) is 5.26. The molecule has 0 aromatic carbocycles. The molecule has 2 aliphatic rings. The molecule has 1 heterocycles. The summed E-state index contributed by atoms with van der Waals surface area (Å²) in [5.74, 6) is 0. The van der Waals surface area contributed by atoms with E-state index < -0.39 is 5.60 Å². The Balaban J connectivity index is 1.90. The Morgan fingerprint density at radius 3 is 2.00 bits per heavy atom. The Hall–Kier alpha value is -0.120. The van der Waals surface area contributed by atoms with Crippen LogP contribution in [0.2, 0.25) is 0 Å². The second-order valence-electron chi connectivity index (χ2n) is 6.85. The minimum absolute atomic E-state index is 0.139. The van der Waals surface area contributed by atoms with E-state index >= 15 is 0 Å². The largest absolute Gasteiger partial charge is 0.396 e. The van der Waals surface area contributed by atoms with Crippen molar-refractivity contribution in [3.05, 3.63) is 0 Å². The van der Waals surface area contributed by atoms with Crippen LogP contribution in [0, 0.1) is 5.41 Å². The van der Waals surface area contributed by atoms with Crippen LogP contribution >= 0.6 is 0 Å². The van der Waals surface area contributed by atoms with Crippen LogP contribution in [0.3, 0.4) is 0 Å². The average Bonchev–Trinajstić information content (AvgIpc) is 2.58. The standard InChI is InChI=1S/C15H29NO2/c1-14(18)8-10-16(11-9-14)12-15(13-17)6-4-2-3-5-7-15/h17-18H,2-13H2,1H3. The van der Waals surface area contributed by atoms with E-state index in [1.165, 1.54) is 38.5 Å². The van der Waals surface area contributed by atoms with Crippen molar-refractivity contribution in [3.63, 3.8) is 0 Å². The molecule has 1 aliphatic carbocycles. The minimum atomic E-state index is -0.466. The van der Waals surface area contributed by atoms with Crippen molar-refractivity contribution in [1.82, 2.24) is 4.90 Å². The predicted molar refractivity (Wildman–Crippen MR) is 73.5 cm³/mol. The zero-order valence-electron chi connectivity index (χ0n) is 11.8. The van der Waals surface area contributed by atoms with Crippen LogP contribution in [0.5, 0.6) is 0 Å². The van der Waals surface area contributed by atoms with Crippen molar-refractivity contribution in [2.24, 2.45) is 5.41 Å². The molecule has 1 saturated carbocycles. The van der Waals surface area contributed by atoms with Gasteiger partial charge in [0.1, 0.15) is 0 Å². The maximum Gasteiger partial charge on any atom is 0.0644 e. The van der Waals surface area contributed by atoms with E-state index in [1.807, 2.05) is 6.92 Å². The highest BCUT2D eigenvalue weighted by molar-refractivity contribution is 4.88. The van der Waals surface area contributed by atoms with Crippen molar-refractivity contribution in [3.8, 4) is 0 Å². The molecule has 2 rings (SSSR count). The van der Waals surface area contributed by atoms with Crippen molar-refractivity contribution < 1.29 is 10.2 Å². The highest BCUT2D eigenvalue weighted by Crippen LogP contribution is 2.36. The molecule has 106 valence electrons. The van der Waals surface area contributed by atoms with E-state index in [9.17, 15) is 10.2 Å². The molecule has 3 heteroatoms. The number of aliphatic hydroxyl groups excluding tert-OH is 1. The van der Waals surface area contributed by atoms with Crippen LogP contribution in [0.25, 0.3) is 0 Å². The van der Waals surface area contributed by atoms with E-state index in [0.717, 1.165) is 32.5 Å². The molecule has 2 N–H and O–H groups in total. The second-order valence-corrected chi connectivity index (χ2v) is 6.85. The smallest absolute Gasteiger partial charge is 0.0644 e. The summed E-state index contributed by atoms with van der Waals surface area (Å²) in [4.78, 5) is 2.46. The van der Waals surface area contributed by atoms with Crippen LogP contribution in [-0.2, 0) is 0 Å². The van der Waals surface area contributed by atoms with Gasteiger partial charge >= 0.3 is 0 Å². The molecule has 0 spiro atoms. The van der Waals surface area contributed by atoms with Crippen molar-refractivity contribution in [2.75, 3.05) is 26.2 Å². The molecule has 0 unspecified atom stereocenters. The van der Waals surface area contributed by atoms with Crippen LogP contribution in [0.15, 0.2) is 0 Å². The van der Waals surface area contributed by atoms with E-state index in [4.69, 9.17) is 0 Å². The van der Waals surface area contributed by atoms with Gasteiger partial charge in [0.2, 0.25) is 0 Å². The highest BCUT2D eigenvalue weighted by Gasteiger charge is 2.35. The molecule has 3 nitrogen and oxygen atoms in total. The Morgan fingerprint density at radius 1 is 0.944 bits per heavy atom. The number of aliphatic hydroxyl groups is 2. The lowest BCUT2D eigenvalue weighted by atomic mass is 9.80. The first-order valence-corrected chi connectivity index (χ1v) is 7.61. The fourth-order valence-corrected chi connectivity index (χ4v) is 3.51. The fourth-order valence-electron chi connectivity index (χ4n) is 3.51. The van der Waals surface area contributed by atoms with Crippen molar-refractivity contribution >= 4 is 0 Å². The third kappa shape index (κ3) is 3.69. The van der Waals surface area contributed by atoms with Gasteiger partial charge in [-0.3, -0.25) is 0 Å². The summed E-state index contributed by atoms with van der Waals surface area (Å²) in [5.41, 5.74) is -0.327. The van der Waals surface area contributed by atoms with Gasteiger partial charge in [-0.1, -0.05) is 25.7 Å². The number of piperidine rings is 1. The summed E-state index contributed by atoms with van der Waals surface area (Å²) in [7, 11) is 0. The van der Waals surface area contributed by atoms with Crippen LogP contribution < -0.4 is 0 Å². The first kappa shape index (κ1) is 14.3. The topological polar surface area (TPSA) is 43.7 Å². The molecule has 0 radical (unpaired) electrons. The van der Waals surface area contributed by atoms with E-state index in [1.54, 1.807) is 0 Å². The number of hydrogen-bond donors (Lipinski definition) is 2. The fraction of sp³-hybridized carbons (Fsp3) is 1.00. The summed E-state index contributed by atoms with van der Waals surface area (Å²) in [6.07, 6.45) is 9.29. The average molecular weight is 255 g/mol. The van der Waals surface area contributed by atoms with Crippen molar-refractivity contribution in [1.29, 1.82) is 0 Å². The number of hydrogen-bond acceptors (Lipinski definition) is 3. The molecule has 0 aromatic rings. The van der Waals surface area contributed by atoms with Gasteiger partial charge in [0.15, 0.2) is 0 Å². The van der Waals surface area contributed by atoms with E-state index in [2.05, 4.69) is 4.90 Å². The lowest BCUT2D eigenvalue weighted by Gasteiger charge is -2.41. The van der Waals surface area contributed by atoms with Gasteiger partial charge in [-0.2, -0.15) is 0 Å². The Kier molecular flexibility index (Phi) is 4.68. The van der Waals surface area contributed by atoms with Crippen molar-refractivity contribution in [2.45, 2.75) is 63.9 Å². The Bertz CT molecular complexity index is 247. The molecule has 0 aromatic heterocycles. The first-order chi connectivity index (χ1) is 8.55. The van der Waals surface area contributed by atoms with E-state index in [-0.39, 0.29) is 5.41 Å². The molecule has 1 saturated heterocycles. The first-order valence-electron chi connectivity index (χ1n) is 7.61. The molecular weight excluding hydrogens is 226 g/mol. The molecule has 18 heavy (non-hydrogen) atoms. The highest BCUT2D eigenvalue weighted by atomic mass is 16.3. The SMILES string of the molecule is CC1(O)CCN(CC2(CO)CCCCCC2)CC1. The van der Waals surface area contributed by atoms with Crippen LogP contribution in [0.4, 0.5) is 0 Å². The quantitative estimate of drug-likeness (QED) is 0.760. The monoisotopic (exact) mass is 255 g/mol. The van der Waals surface area contributed by atoms with Gasteiger partial charge in [0.05, 0.1) is 5.60 Å². The summed E-state index contributed by atoms with van der Waals surface area (Å²) >= 11 is 0. The lowest BCUT2D eigenvalue weighted by Crippen LogP contribution is -2.47. The molecule has 0 bridgehead atoms. The van der Waals surface area contributed by atoms with Gasteiger partial charge in [0, 0.05) is 31.7 Å². The summed E-state index contributed by atoms with van der Waals surface area (Å²) in [5, 5.41) is 19.8. The number of likely N-dealkylation sites (tertiary alicyclic amines) is 1. The number of rotatable bonds is 3. The molecule has 2 fully saturated rings. The zero-order valence-corrected chi connectivity index (χ0v) is 11.8. The van der Waals surface area contributed by atoms with E-state index in [0.29, 0.717) is 6.61 Å². The summed E-state index contributed by atoms with van der Waals surface area (Å²) < 4.78 is 0. The minimum Gasteiger partial charge on any atom is -0.396 e. The Labute approximate surface area is 111 Å².